The lowest BCUT2D eigenvalue weighted by Crippen LogP contribution is -1.88. The lowest BCUT2D eigenvalue weighted by Gasteiger charge is -2.06. The highest BCUT2D eigenvalue weighted by Crippen LogP contribution is 2.28. The van der Waals surface area contributed by atoms with Crippen molar-refractivity contribution in [3.63, 3.8) is 0 Å². The molecular weight excluding hydrogens is 292 g/mol. The molecule has 4 aromatic carbocycles. The average Bonchev–Trinajstić information content (AvgIpc) is 2.61. The molecule has 0 atom stereocenters. The van der Waals surface area contributed by atoms with Crippen molar-refractivity contribution in [2.24, 2.45) is 0 Å². The third kappa shape index (κ3) is 2.38. The maximum absolute atomic E-state index is 6.09. The third-order valence-corrected chi connectivity index (χ3v) is 4.42. The molecule has 0 unspecified atom stereocenters. The number of benzene rings is 4. The number of fused-ring (bicyclic) bond motifs is 2. The van der Waals surface area contributed by atoms with Gasteiger partial charge < -0.3 is 11.5 Å². The molecule has 0 aromatic heterocycles. The van der Waals surface area contributed by atoms with Crippen molar-refractivity contribution < 1.29 is 0 Å². The predicted octanol–water partition coefficient (Wildman–Crippen LogP) is 5.33. The van der Waals surface area contributed by atoms with E-state index in [2.05, 4.69) is 48.6 Å². The lowest BCUT2D eigenvalue weighted by molar-refractivity contribution is 1.69. The van der Waals surface area contributed by atoms with E-state index in [1.165, 1.54) is 0 Å². The third-order valence-electron chi connectivity index (χ3n) is 4.42. The summed E-state index contributed by atoms with van der Waals surface area (Å²) in [7, 11) is 0. The standard InChI is InChI=1S/C22H18N2/c23-21-11-3-7-17-15(5-1-9-19(17)21)13-14-16-6-2-10-20-18(16)8-4-12-22(20)24/h1-14H,23-24H2. The van der Waals surface area contributed by atoms with E-state index in [1.807, 2.05) is 36.4 Å². The summed E-state index contributed by atoms with van der Waals surface area (Å²) in [5, 5.41) is 4.49. The van der Waals surface area contributed by atoms with Crippen LogP contribution in [0.25, 0.3) is 33.7 Å². The molecular formula is C22H18N2. The maximum atomic E-state index is 6.09. The Labute approximate surface area is 141 Å². The van der Waals surface area contributed by atoms with Crippen molar-refractivity contribution >= 4 is 45.1 Å². The summed E-state index contributed by atoms with van der Waals surface area (Å²) in [5.74, 6) is 0. The van der Waals surface area contributed by atoms with Crippen LogP contribution in [0.15, 0.2) is 72.8 Å². The molecule has 0 spiro atoms. The SMILES string of the molecule is Nc1cccc2c(C=Cc3cccc4c(N)cccc34)cccc12. The molecule has 0 aliphatic rings. The van der Waals surface area contributed by atoms with Crippen LogP contribution in [0.3, 0.4) is 0 Å². The van der Waals surface area contributed by atoms with Crippen molar-refractivity contribution in [2.45, 2.75) is 0 Å². The highest BCUT2D eigenvalue weighted by molar-refractivity contribution is 6.02. The number of rotatable bonds is 2. The van der Waals surface area contributed by atoms with Gasteiger partial charge in [-0.3, -0.25) is 0 Å². The largest absolute Gasteiger partial charge is 0.398 e. The van der Waals surface area contributed by atoms with Gasteiger partial charge >= 0.3 is 0 Å². The second-order valence-corrected chi connectivity index (χ2v) is 5.91. The van der Waals surface area contributed by atoms with Gasteiger partial charge in [-0.2, -0.15) is 0 Å². The van der Waals surface area contributed by atoms with Gasteiger partial charge in [0, 0.05) is 22.1 Å². The van der Waals surface area contributed by atoms with Gasteiger partial charge in [0.25, 0.3) is 0 Å². The molecule has 0 bridgehead atoms. The molecule has 4 rings (SSSR count). The molecule has 2 nitrogen and oxygen atoms in total. The zero-order chi connectivity index (χ0) is 16.5. The summed E-state index contributed by atoms with van der Waals surface area (Å²) in [5.41, 5.74) is 16.1. The molecule has 24 heavy (non-hydrogen) atoms. The molecule has 0 radical (unpaired) electrons. The Morgan fingerprint density at radius 3 is 1.29 bits per heavy atom. The van der Waals surface area contributed by atoms with Crippen molar-refractivity contribution in [3.05, 3.63) is 83.9 Å². The fourth-order valence-electron chi connectivity index (χ4n) is 3.19. The topological polar surface area (TPSA) is 52.0 Å². The predicted molar refractivity (Wildman–Crippen MR) is 106 cm³/mol. The van der Waals surface area contributed by atoms with Crippen LogP contribution in [0, 0.1) is 0 Å². The number of anilines is 2. The molecule has 0 amide bonds. The molecule has 0 saturated heterocycles. The van der Waals surface area contributed by atoms with Crippen LogP contribution < -0.4 is 11.5 Å². The van der Waals surface area contributed by atoms with E-state index < -0.39 is 0 Å². The maximum Gasteiger partial charge on any atom is 0.0393 e. The normalized spacial score (nSPS) is 11.5. The van der Waals surface area contributed by atoms with E-state index in [1.54, 1.807) is 0 Å². The van der Waals surface area contributed by atoms with Gasteiger partial charge in [-0.1, -0.05) is 72.8 Å². The minimum atomic E-state index is 0.806. The van der Waals surface area contributed by atoms with Gasteiger partial charge in [0.15, 0.2) is 0 Å². The summed E-state index contributed by atoms with van der Waals surface area (Å²) in [4.78, 5) is 0. The number of hydrogen-bond donors (Lipinski definition) is 2. The highest BCUT2D eigenvalue weighted by Gasteiger charge is 2.02. The molecule has 116 valence electrons. The van der Waals surface area contributed by atoms with Crippen LogP contribution in [0.5, 0.6) is 0 Å². The molecule has 4 aromatic rings. The Balaban J connectivity index is 1.85. The summed E-state index contributed by atoms with van der Waals surface area (Å²) in [6.45, 7) is 0. The Kier molecular flexibility index (Phi) is 3.43. The minimum absolute atomic E-state index is 0.806. The fraction of sp³-hybridized carbons (Fsp3) is 0. The van der Waals surface area contributed by atoms with Gasteiger partial charge in [-0.05, 0) is 34.0 Å². The van der Waals surface area contributed by atoms with Gasteiger partial charge in [0.05, 0.1) is 0 Å². The fourth-order valence-corrected chi connectivity index (χ4v) is 3.19. The Morgan fingerprint density at radius 1 is 0.458 bits per heavy atom. The molecule has 2 heteroatoms. The lowest BCUT2D eigenvalue weighted by atomic mass is 10.00. The molecule has 4 N–H and O–H groups in total. The minimum Gasteiger partial charge on any atom is -0.398 e. The van der Waals surface area contributed by atoms with E-state index in [0.717, 1.165) is 44.0 Å². The quantitative estimate of drug-likeness (QED) is 0.388. The second kappa shape index (κ2) is 5.74. The van der Waals surface area contributed by atoms with Crippen LogP contribution >= 0.6 is 0 Å². The summed E-state index contributed by atoms with van der Waals surface area (Å²) < 4.78 is 0. The first kappa shape index (κ1) is 14.3. The number of nitrogens with two attached hydrogens (primary N) is 2. The van der Waals surface area contributed by atoms with Gasteiger partial charge in [0.1, 0.15) is 0 Å². The molecule has 0 saturated carbocycles. The first-order valence-corrected chi connectivity index (χ1v) is 7.96. The van der Waals surface area contributed by atoms with Crippen molar-refractivity contribution in [2.75, 3.05) is 11.5 Å². The van der Waals surface area contributed by atoms with Crippen LogP contribution in [-0.2, 0) is 0 Å². The number of hydrogen-bond acceptors (Lipinski definition) is 2. The molecule has 0 fully saturated rings. The summed E-state index contributed by atoms with van der Waals surface area (Å²) in [6.07, 6.45) is 4.28. The summed E-state index contributed by atoms with van der Waals surface area (Å²) >= 11 is 0. The van der Waals surface area contributed by atoms with Crippen LogP contribution in [0.2, 0.25) is 0 Å². The van der Waals surface area contributed by atoms with Crippen LogP contribution in [0.1, 0.15) is 11.1 Å². The van der Waals surface area contributed by atoms with E-state index >= 15 is 0 Å². The second-order valence-electron chi connectivity index (χ2n) is 5.91. The molecule has 0 aliphatic heterocycles. The Hall–Kier alpha value is -3.26. The molecule has 0 aliphatic carbocycles. The average molecular weight is 310 g/mol. The van der Waals surface area contributed by atoms with Gasteiger partial charge in [0.2, 0.25) is 0 Å². The Morgan fingerprint density at radius 2 is 0.833 bits per heavy atom. The van der Waals surface area contributed by atoms with Crippen LogP contribution in [-0.4, -0.2) is 0 Å². The highest BCUT2D eigenvalue weighted by atomic mass is 14.6. The monoisotopic (exact) mass is 310 g/mol. The smallest absolute Gasteiger partial charge is 0.0393 e. The van der Waals surface area contributed by atoms with E-state index in [9.17, 15) is 0 Å². The van der Waals surface area contributed by atoms with E-state index in [0.29, 0.717) is 0 Å². The zero-order valence-electron chi connectivity index (χ0n) is 13.2. The van der Waals surface area contributed by atoms with Gasteiger partial charge in [-0.15, -0.1) is 0 Å². The Bertz CT molecular complexity index is 990. The molecule has 0 heterocycles. The summed E-state index contributed by atoms with van der Waals surface area (Å²) in [6, 6.07) is 24.5. The first-order chi connectivity index (χ1) is 11.7. The van der Waals surface area contributed by atoms with E-state index in [4.69, 9.17) is 11.5 Å². The van der Waals surface area contributed by atoms with Gasteiger partial charge in [-0.25, -0.2) is 0 Å². The van der Waals surface area contributed by atoms with Crippen molar-refractivity contribution in [3.8, 4) is 0 Å². The number of nitrogen functional groups attached to an aromatic ring is 2. The van der Waals surface area contributed by atoms with Crippen LogP contribution in [0.4, 0.5) is 11.4 Å². The van der Waals surface area contributed by atoms with Crippen molar-refractivity contribution in [1.82, 2.24) is 0 Å². The zero-order valence-corrected chi connectivity index (χ0v) is 13.2. The van der Waals surface area contributed by atoms with Crippen molar-refractivity contribution in [1.29, 1.82) is 0 Å². The first-order valence-electron chi connectivity index (χ1n) is 7.96. The van der Waals surface area contributed by atoms with E-state index in [-0.39, 0.29) is 0 Å².